The highest BCUT2D eigenvalue weighted by Crippen LogP contribution is 2.26. The third-order valence-electron chi connectivity index (χ3n) is 6.02. The summed E-state index contributed by atoms with van der Waals surface area (Å²) in [5, 5.41) is 3.39. The van der Waals surface area contributed by atoms with Gasteiger partial charge in [0.1, 0.15) is 0 Å². The van der Waals surface area contributed by atoms with Crippen molar-refractivity contribution in [3.05, 3.63) is 64.7 Å². The van der Waals surface area contributed by atoms with Gasteiger partial charge in [-0.05, 0) is 50.2 Å². The number of hydrogen-bond acceptors (Lipinski definition) is 4. The Morgan fingerprint density at radius 1 is 1.06 bits per heavy atom. The van der Waals surface area contributed by atoms with Crippen LogP contribution in [-0.2, 0) is 29.1 Å². The predicted molar refractivity (Wildman–Crippen MR) is 129 cm³/mol. The van der Waals surface area contributed by atoms with Gasteiger partial charge in [0.25, 0.3) is 0 Å². The van der Waals surface area contributed by atoms with Crippen molar-refractivity contribution in [2.24, 2.45) is 0 Å². The number of aryl methyl sites for hydroxylation is 1. The third kappa shape index (κ3) is 6.33. The molecule has 0 fully saturated rings. The summed E-state index contributed by atoms with van der Waals surface area (Å²) in [5.41, 5.74) is 5.75. The molecule has 172 valence electrons. The van der Waals surface area contributed by atoms with Crippen molar-refractivity contribution in [2.75, 3.05) is 45.6 Å². The number of fused-ring (bicyclic) bond motifs is 1. The molecule has 0 saturated heterocycles. The lowest BCUT2D eigenvalue weighted by atomic mass is 9.97. The van der Waals surface area contributed by atoms with Crippen molar-refractivity contribution in [3.8, 4) is 0 Å². The van der Waals surface area contributed by atoms with Crippen molar-refractivity contribution >= 4 is 17.5 Å². The van der Waals surface area contributed by atoms with Gasteiger partial charge in [0.05, 0.1) is 6.54 Å². The number of nitrogens with zero attached hydrogens (tertiary/aromatic N) is 3. The van der Waals surface area contributed by atoms with Crippen LogP contribution in [0.4, 0.5) is 5.69 Å². The van der Waals surface area contributed by atoms with E-state index in [4.69, 9.17) is 0 Å². The lowest BCUT2D eigenvalue weighted by molar-refractivity contribution is -0.132. The molecule has 0 saturated carbocycles. The highest BCUT2D eigenvalue weighted by Gasteiger charge is 2.22. The maximum absolute atomic E-state index is 13.1. The molecule has 6 nitrogen and oxygen atoms in total. The quantitative estimate of drug-likeness (QED) is 0.655. The maximum Gasteiger partial charge on any atom is 0.242 e. The molecule has 6 heteroatoms. The second-order valence-corrected chi connectivity index (χ2v) is 8.82. The van der Waals surface area contributed by atoms with Gasteiger partial charge in [-0.15, -0.1) is 0 Å². The van der Waals surface area contributed by atoms with Crippen LogP contribution in [0.15, 0.2) is 42.5 Å². The fourth-order valence-electron chi connectivity index (χ4n) is 4.02. The minimum absolute atomic E-state index is 0.0867. The first-order valence-electron chi connectivity index (χ1n) is 11.5. The van der Waals surface area contributed by atoms with E-state index in [1.165, 1.54) is 16.7 Å². The van der Waals surface area contributed by atoms with Crippen molar-refractivity contribution in [1.29, 1.82) is 0 Å². The molecule has 0 spiro atoms. The standard InChI is InChI=1S/C26H36N4O2/c1-5-25(31)29-14-13-23-22(19-29)7-6-8-24(23)27-17-26(32)30(16-15-28(3)4)18-21-11-9-20(2)10-12-21/h6-12,27H,5,13-19H2,1-4H3. The number of benzene rings is 2. The van der Waals surface area contributed by atoms with Crippen molar-refractivity contribution in [3.63, 3.8) is 0 Å². The van der Waals surface area contributed by atoms with E-state index < -0.39 is 0 Å². The van der Waals surface area contributed by atoms with E-state index in [1.807, 2.05) is 43.0 Å². The number of carbonyl (C=O) groups is 2. The zero-order valence-corrected chi connectivity index (χ0v) is 19.9. The molecule has 0 atom stereocenters. The summed E-state index contributed by atoms with van der Waals surface area (Å²) in [6.07, 6.45) is 1.34. The zero-order valence-electron chi connectivity index (χ0n) is 19.9. The third-order valence-corrected chi connectivity index (χ3v) is 6.02. The highest BCUT2D eigenvalue weighted by atomic mass is 16.2. The Kier molecular flexibility index (Phi) is 8.28. The molecule has 1 aliphatic heterocycles. The van der Waals surface area contributed by atoms with E-state index in [9.17, 15) is 9.59 Å². The second kappa shape index (κ2) is 11.1. The number of carbonyl (C=O) groups excluding carboxylic acids is 2. The van der Waals surface area contributed by atoms with Gasteiger partial charge in [-0.1, -0.05) is 48.9 Å². The summed E-state index contributed by atoms with van der Waals surface area (Å²) >= 11 is 0. The molecular weight excluding hydrogens is 400 g/mol. The van der Waals surface area contributed by atoms with Gasteiger partial charge in [0.15, 0.2) is 0 Å². The van der Waals surface area contributed by atoms with Gasteiger partial charge in [-0.2, -0.15) is 0 Å². The lowest BCUT2D eigenvalue weighted by Crippen LogP contribution is -2.39. The first-order chi connectivity index (χ1) is 15.4. The van der Waals surface area contributed by atoms with Gasteiger partial charge < -0.3 is 20.0 Å². The van der Waals surface area contributed by atoms with Gasteiger partial charge in [0, 0.05) is 44.8 Å². The summed E-state index contributed by atoms with van der Waals surface area (Å²) in [6, 6.07) is 14.5. The van der Waals surface area contributed by atoms with Crippen molar-refractivity contribution in [1.82, 2.24) is 14.7 Å². The number of nitrogens with one attached hydrogen (secondary N) is 1. The van der Waals surface area contributed by atoms with Gasteiger partial charge in [0.2, 0.25) is 11.8 Å². The molecule has 2 aromatic rings. The average Bonchev–Trinajstić information content (AvgIpc) is 2.80. The smallest absolute Gasteiger partial charge is 0.242 e. The molecule has 1 N–H and O–H groups in total. The summed E-state index contributed by atoms with van der Waals surface area (Å²) in [5.74, 6) is 0.278. The molecule has 0 bridgehead atoms. The zero-order chi connectivity index (χ0) is 23.1. The number of anilines is 1. The van der Waals surface area contributed by atoms with Gasteiger partial charge >= 0.3 is 0 Å². The van der Waals surface area contributed by atoms with E-state index in [1.54, 1.807) is 0 Å². The Morgan fingerprint density at radius 2 is 1.81 bits per heavy atom. The molecule has 3 rings (SSSR count). The van der Waals surface area contributed by atoms with Crippen molar-refractivity contribution < 1.29 is 9.59 Å². The number of amides is 2. The number of hydrogen-bond donors (Lipinski definition) is 1. The topological polar surface area (TPSA) is 55.9 Å². The molecule has 2 amide bonds. The Labute approximate surface area is 192 Å². The summed E-state index contributed by atoms with van der Waals surface area (Å²) in [7, 11) is 4.05. The van der Waals surface area contributed by atoms with E-state index in [0.29, 0.717) is 26.1 Å². The molecule has 0 aromatic heterocycles. The molecule has 0 aliphatic carbocycles. The molecule has 0 radical (unpaired) electrons. The van der Waals surface area contributed by atoms with Gasteiger partial charge in [-0.25, -0.2) is 0 Å². The minimum Gasteiger partial charge on any atom is -0.376 e. The fourth-order valence-corrected chi connectivity index (χ4v) is 4.02. The largest absolute Gasteiger partial charge is 0.376 e. The Morgan fingerprint density at radius 3 is 2.50 bits per heavy atom. The first-order valence-corrected chi connectivity index (χ1v) is 11.5. The monoisotopic (exact) mass is 436 g/mol. The molecule has 0 unspecified atom stereocenters. The summed E-state index contributed by atoms with van der Waals surface area (Å²) < 4.78 is 0. The second-order valence-electron chi connectivity index (χ2n) is 8.82. The van der Waals surface area contributed by atoms with E-state index in [2.05, 4.69) is 47.5 Å². The van der Waals surface area contributed by atoms with Crippen LogP contribution < -0.4 is 5.32 Å². The maximum atomic E-state index is 13.1. The average molecular weight is 437 g/mol. The van der Waals surface area contributed by atoms with Crippen molar-refractivity contribution in [2.45, 2.75) is 39.8 Å². The van der Waals surface area contributed by atoms with E-state index >= 15 is 0 Å². The molecular formula is C26H36N4O2. The molecule has 1 heterocycles. The predicted octanol–water partition coefficient (Wildman–Crippen LogP) is 3.29. The summed E-state index contributed by atoms with van der Waals surface area (Å²) in [4.78, 5) is 31.2. The SMILES string of the molecule is CCC(=O)N1CCc2c(cccc2NCC(=O)N(CCN(C)C)Cc2ccc(C)cc2)C1. The van der Waals surface area contributed by atoms with Crippen LogP contribution >= 0.6 is 0 Å². The molecule has 1 aliphatic rings. The molecule has 2 aromatic carbocycles. The number of rotatable bonds is 9. The fraction of sp³-hybridized carbons (Fsp3) is 0.462. The molecule has 32 heavy (non-hydrogen) atoms. The van der Waals surface area contributed by atoms with Crippen LogP contribution in [0.1, 0.15) is 35.6 Å². The Bertz CT molecular complexity index is 924. The van der Waals surface area contributed by atoms with Crippen LogP contribution in [0, 0.1) is 6.92 Å². The van der Waals surface area contributed by atoms with E-state index in [0.717, 1.165) is 30.8 Å². The van der Waals surface area contributed by atoms with Crippen LogP contribution in [-0.4, -0.2) is 66.8 Å². The van der Waals surface area contributed by atoms with Crippen LogP contribution in [0.5, 0.6) is 0 Å². The van der Waals surface area contributed by atoms with Crippen LogP contribution in [0.3, 0.4) is 0 Å². The van der Waals surface area contributed by atoms with Crippen LogP contribution in [0.25, 0.3) is 0 Å². The Hall–Kier alpha value is -2.86. The van der Waals surface area contributed by atoms with Crippen LogP contribution in [0.2, 0.25) is 0 Å². The Balaban J connectivity index is 1.66. The normalized spacial score (nSPS) is 13.1. The van der Waals surface area contributed by atoms with Gasteiger partial charge in [-0.3, -0.25) is 9.59 Å². The minimum atomic E-state index is 0.0867. The number of likely N-dealkylation sites (N-methyl/N-ethyl adjacent to an activating group) is 1. The van der Waals surface area contributed by atoms with E-state index in [-0.39, 0.29) is 18.4 Å². The summed E-state index contributed by atoms with van der Waals surface area (Å²) in [6.45, 7) is 7.72. The highest BCUT2D eigenvalue weighted by molar-refractivity contribution is 5.81. The first kappa shape index (κ1) is 23.8. The lowest BCUT2D eigenvalue weighted by Gasteiger charge is -2.30.